The topological polar surface area (TPSA) is 64.1 Å². The van der Waals surface area contributed by atoms with Gasteiger partial charge in [0.1, 0.15) is 5.76 Å². The highest BCUT2D eigenvalue weighted by Crippen LogP contribution is 2.21. The van der Waals surface area contributed by atoms with Crippen LogP contribution < -0.4 is 11.1 Å². The van der Waals surface area contributed by atoms with E-state index in [0.717, 1.165) is 30.9 Å². The first kappa shape index (κ1) is 10.6. The van der Waals surface area contributed by atoms with Gasteiger partial charge in [-0.3, -0.25) is 0 Å². The number of rotatable bonds is 3. The Bertz CT molecular complexity index is 323. The lowest BCUT2D eigenvalue weighted by Gasteiger charge is -2.16. The van der Waals surface area contributed by atoms with Gasteiger partial charge in [-0.1, -0.05) is 0 Å². The van der Waals surface area contributed by atoms with Crippen molar-refractivity contribution in [3.63, 3.8) is 0 Å². The molecule has 1 aromatic heterocycles. The summed E-state index contributed by atoms with van der Waals surface area (Å²) in [7, 11) is 0. The molecule has 1 aliphatic rings. The van der Waals surface area contributed by atoms with Crippen LogP contribution in [0, 0.1) is 6.92 Å². The van der Waals surface area contributed by atoms with Crippen molar-refractivity contribution in [2.75, 3.05) is 0 Å². The van der Waals surface area contributed by atoms with Gasteiger partial charge in [0.05, 0.1) is 12.2 Å². The second-order valence-corrected chi connectivity index (χ2v) is 4.47. The molecule has 84 valence electrons. The molecule has 0 radical (unpaired) electrons. The summed E-state index contributed by atoms with van der Waals surface area (Å²) < 4.78 is 5.48. The number of hydrogen-bond acceptors (Lipinski definition) is 4. The summed E-state index contributed by atoms with van der Waals surface area (Å²) in [5.41, 5.74) is 5.86. The molecule has 4 nitrogen and oxygen atoms in total. The van der Waals surface area contributed by atoms with Crippen LogP contribution in [0.1, 0.15) is 43.9 Å². The Morgan fingerprint density at radius 3 is 2.93 bits per heavy atom. The molecule has 0 bridgehead atoms. The lowest BCUT2D eigenvalue weighted by molar-refractivity contribution is 0.369. The Morgan fingerprint density at radius 2 is 2.40 bits per heavy atom. The molecule has 1 heterocycles. The lowest BCUT2D eigenvalue weighted by Crippen LogP contribution is -2.31. The standard InChI is InChI=1S/C11H19N3O/c1-7-6-13-11(15-7)8(2)14-10-4-3-9(12)5-10/h6,8-10,14H,3-5,12H2,1-2H3. The van der Waals surface area contributed by atoms with Crippen LogP contribution >= 0.6 is 0 Å². The van der Waals surface area contributed by atoms with Gasteiger partial charge >= 0.3 is 0 Å². The van der Waals surface area contributed by atoms with Crippen molar-refractivity contribution < 1.29 is 4.42 Å². The van der Waals surface area contributed by atoms with Gasteiger partial charge in [0.2, 0.25) is 5.89 Å². The first-order valence-electron chi connectivity index (χ1n) is 5.59. The Morgan fingerprint density at radius 1 is 1.60 bits per heavy atom. The van der Waals surface area contributed by atoms with Crippen molar-refractivity contribution in [3.05, 3.63) is 17.8 Å². The van der Waals surface area contributed by atoms with Crippen LogP contribution in [0.3, 0.4) is 0 Å². The summed E-state index contributed by atoms with van der Waals surface area (Å²) in [6.45, 7) is 3.99. The molecule has 3 unspecified atom stereocenters. The Labute approximate surface area is 90.2 Å². The van der Waals surface area contributed by atoms with Gasteiger partial charge in [0.25, 0.3) is 0 Å². The second-order valence-electron chi connectivity index (χ2n) is 4.47. The molecule has 3 atom stereocenters. The summed E-state index contributed by atoms with van der Waals surface area (Å²) in [5.74, 6) is 1.63. The molecule has 0 spiro atoms. The first-order chi connectivity index (χ1) is 7.15. The van der Waals surface area contributed by atoms with E-state index in [9.17, 15) is 0 Å². The van der Waals surface area contributed by atoms with Gasteiger partial charge in [0, 0.05) is 12.1 Å². The van der Waals surface area contributed by atoms with Crippen LogP contribution in [-0.4, -0.2) is 17.1 Å². The number of hydrogen-bond donors (Lipinski definition) is 2. The molecule has 4 heteroatoms. The molecular weight excluding hydrogens is 190 g/mol. The van der Waals surface area contributed by atoms with Crippen LogP contribution in [0.2, 0.25) is 0 Å². The van der Waals surface area contributed by atoms with Crippen LogP contribution in [0.25, 0.3) is 0 Å². The molecule has 0 saturated heterocycles. The molecule has 1 saturated carbocycles. The van der Waals surface area contributed by atoms with Crippen molar-refractivity contribution in [2.24, 2.45) is 5.73 Å². The van der Waals surface area contributed by atoms with Gasteiger partial charge in [-0.25, -0.2) is 4.98 Å². The van der Waals surface area contributed by atoms with Gasteiger partial charge < -0.3 is 15.5 Å². The maximum atomic E-state index is 5.86. The minimum atomic E-state index is 0.175. The van der Waals surface area contributed by atoms with Crippen molar-refractivity contribution in [3.8, 4) is 0 Å². The molecule has 2 rings (SSSR count). The van der Waals surface area contributed by atoms with E-state index in [4.69, 9.17) is 10.2 Å². The zero-order valence-electron chi connectivity index (χ0n) is 9.36. The van der Waals surface area contributed by atoms with Gasteiger partial charge in [-0.05, 0) is 33.1 Å². The Kier molecular flexibility index (Phi) is 3.07. The predicted molar refractivity (Wildman–Crippen MR) is 58.4 cm³/mol. The van der Waals surface area contributed by atoms with Crippen molar-refractivity contribution in [1.82, 2.24) is 10.3 Å². The van der Waals surface area contributed by atoms with Crippen molar-refractivity contribution in [1.29, 1.82) is 0 Å². The number of nitrogens with one attached hydrogen (secondary N) is 1. The average molecular weight is 209 g/mol. The average Bonchev–Trinajstić information content (AvgIpc) is 2.75. The third-order valence-electron chi connectivity index (χ3n) is 2.97. The summed E-state index contributed by atoms with van der Waals surface area (Å²) in [6, 6.07) is 1.05. The minimum absolute atomic E-state index is 0.175. The zero-order chi connectivity index (χ0) is 10.8. The highest BCUT2D eigenvalue weighted by atomic mass is 16.4. The molecule has 0 aromatic carbocycles. The maximum absolute atomic E-state index is 5.86. The Hall–Kier alpha value is -0.870. The van der Waals surface area contributed by atoms with Crippen LogP contribution in [-0.2, 0) is 0 Å². The summed E-state index contributed by atoms with van der Waals surface area (Å²) in [5, 5.41) is 3.50. The van der Waals surface area contributed by atoms with E-state index in [1.807, 2.05) is 6.92 Å². The quantitative estimate of drug-likeness (QED) is 0.792. The van der Waals surface area contributed by atoms with E-state index < -0.39 is 0 Å². The fraction of sp³-hybridized carbons (Fsp3) is 0.727. The first-order valence-corrected chi connectivity index (χ1v) is 5.59. The fourth-order valence-electron chi connectivity index (χ4n) is 2.16. The van der Waals surface area contributed by atoms with E-state index in [-0.39, 0.29) is 6.04 Å². The molecule has 1 fully saturated rings. The van der Waals surface area contributed by atoms with Crippen molar-refractivity contribution in [2.45, 2.75) is 51.2 Å². The zero-order valence-corrected chi connectivity index (χ0v) is 9.36. The van der Waals surface area contributed by atoms with E-state index in [0.29, 0.717) is 12.1 Å². The number of aryl methyl sites for hydroxylation is 1. The van der Waals surface area contributed by atoms with Crippen molar-refractivity contribution >= 4 is 0 Å². The van der Waals surface area contributed by atoms with E-state index >= 15 is 0 Å². The molecular formula is C11H19N3O. The number of nitrogens with two attached hydrogens (primary N) is 1. The van der Waals surface area contributed by atoms with Gasteiger partial charge in [-0.2, -0.15) is 0 Å². The molecule has 3 N–H and O–H groups in total. The monoisotopic (exact) mass is 209 g/mol. The number of aromatic nitrogens is 1. The van der Waals surface area contributed by atoms with Gasteiger partial charge in [-0.15, -0.1) is 0 Å². The normalized spacial score (nSPS) is 28.2. The SMILES string of the molecule is Cc1cnc(C(C)NC2CCC(N)C2)o1. The summed E-state index contributed by atoms with van der Waals surface area (Å²) in [6.07, 6.45) is 5.10. The molecule has 1 aliphatic carbocycles. The smallest absolute Gasteiger partial charge is 0.211 e. The number of oxazole rings is 1. The van der Waals surface area contributed by atoms with Crippen LogP contribution in [0.4, 0.5) is 0 Å². The lowest BCUT2D eigenvalue weighted by atomic mass is 10.2. The minimum Gasteiger partial charge on any atom is -0.444 e. The highest BCUT2D eigenvalue weighted by molar-refractivity contribution is 4.96. The summed E-state index contributed by atoms with van der Waals surface area (Å²) >= 11 is 0. The van der Waals surface area contributed by atoms with Crippen LogP contribution in [0.5, 0.6) is 0 Å². The van der Waals surface area contributed by atoms with E-state index in [1.54, 1.807) is 6.20 Å². The highest BCUT2D eigenvalue weighted by Gasteiger charge is 2.24. The molecule has 1 aromatic rings. The number of nitrogens with zero attached hydrogens (tertiary/aromatic N) is 1. The third-order valence-corrected chi connectivity index (χ3v) is 2.97. The molecule has 0 amide bonds. The Balaban J connectivity index is 1.89. The second kappa shape index (κ2) is 4.33. The molecule has 0 aliphatic heterocycles. The maximum Gasteiger partial charge on any atom is 0.211 e. The van der Waals surface area contributed by atoms with E-state index in [1.165, 1.54) is 0 Å². The van der Waals surface area contributed by atoms with Gasteiger partial charge in [0.15, 0.2) is 0 Å². The fourth-order valence-corrected chi connectivity index (χ4v) is 2.16. The van der Waals surface area contributed by atoms with E-state index in [2.05, 4.69) is 17.2 Å². The largest absolute Gasteiger partial charge is 0.444 e. The molecule has 15 heavy (non-hydrogen) atoms. The third kappa shape index (κ3) is 2.58. The predicted octanol–water partition coefficient (Wildman–Crippen LogP) is 1.51. The summed E-state index contributed by atoms with van der Waals surface area (Å²) in [4.78, 5) is 4.22. The van der Waals surface area contributed by atoms with Crippen LogP contribution in [0.15, 0.2) is 10.6 Å².